The number of hydrogen-bond acceptors (Lipinski definition) is 3. The Morgan fingerprint density at radius 1 is 1.40 bits per heavy atom. The van der Waals surface area contributed by atoms with E-state index >= 15 is 0 Å². The zero-order valence-corrected chi connectivity index (χ0v) is 8.79. The second-order valence-corrected chi connectivity index (χ2v) is 4.43. The number of aromatic carboxylic acids is 1. The maximum atomic E-state index is 10.8. The fourth-order valence-electron chi connectivity index (χ4n) is 1.66. The molecule has 2 rings (SSSR count). The van der Waals surface area contributed by atoms with Gasteiger partial charge >= 0.3 is 5.97 Å². The molecule has 4 heteroatoms. The fraction of sp³-hybridized carbons (Fsp3) is 0.364. The highest BCUT2D eigenvalue weighted by Gasteiger charge is 2.24. The second kappa shape index (κ2) is 3.15. The molecule has 0 saturated heterocycles. The SMILES string of the molecule is CC1(C)CNc2cc(C(=O)O)ccc2N1. The Hall–Kier alpha value is -1.71. The van der Waals surface area contributed by atoms with Crippen molar-refractivity contribution in [2.75, 3.05) is 17.2 Å². The molecule has 0 unspecified atom stereocenters. The first-order chi connectivity index (χ1) is 6.98. The summed E-state index contributed by atoms with van der Waals surface area (Å²) < 4.78 is 0. The number of fused-ring (bicyclic) bond motifs is 1. The van der Waals surface area contributed by atoms with Gasteiger partial charge in [0.2, 0.25) is 0 Å². The third-order valence-electron chi connectivity index (χ3n) is 2.46. The van der Waals surface area contributed by atoms with E-state index in [0.29, 0.717) is 5.56 Å². The molecular formula is C11H14N2O2. The minimum atomic E-state index is -0.899. The highest BCUT2D eigenvalue weighted by Crippen LogP contribution is 2.30. The molecule has 1 heterocycles. The van der Waals surface area contributed by atoms with Gasteiger partial charge in [-0.3, -0.25) is 0 Å². The second-order valence-electron chi connectivity index (χ2n) is 4.43. The minimum Gasteiger partial charge on any atom is -0.478 e. The van der Waals surface area contributed by atoms with Crippen molar-refractivity contribution in [2.45, 2.75) is 19.4 Å². The summed E-state index contributed by atoms with van der Waals surface area (Å²) in [6, 6.07) is 5.06. The van der Waals surface area contributed by atoms with Crippen molar-refractivity contribution in [3.8, 4) is 0 Å². The van der Waals surface area contributed by atoms with E-state index in [1.54, 1.807) is 18.2 Å². The molecule has 0 saturated carbocycles. The highest BCUT2D eigenvalue weighted by molar-refractivity contribution is 5.91. The van der Waals surface area contributed by atoms with Crippen LogP contribution in [0.2, 0.25) is 0 Å². The summed E-state index contributed by atoms with van der Waals surface area (Å²) in [4.78, 5) is 10.8. The Labute approximate surface area is 88.3 Å². The zero-order valence-electron chi connectivity index (χ0n) is 8.79. The van der Waals surface area contributed by atoms with Crippen LogP contribution in [0.3, 0.4) is 0 Å². The van der Waals surface area contributed by atoms with Gasteiger partial charge < -0.3 is 15.7 Å². The molecule has 3 N–H and O–H groups in total. The number of carboxylic acid groups (broad SMARTS) is 1. The highest BCUT2D eigenvalue weighted by atomic mass is 16.4. The fourth-order valence-corrected chi connectivity index (χ4v) is 1.66. The molecule has 4 nitrogen and oxygen atoms in total. The third kappa shape index (κ3) is 1.88. The van der Waals surface area contributed by atoms with E-state index in [4.69, 9.17) is 5.11 Å². The van der Waals surface area contributed by atoms with Crippen molar-refractivity contribution in [1.82, 2.24) is 0 Å². The van der Waals surface area contributed by atoms with Gasteiger partial charge in [-0.1, -0.05) is 0 Å². The summed E-state index contributed by atoms with van der Waals surface area (Å²) in [7, 11) is 0. The summed E-state index contributed by atoms with van der Waals surface area (Å²) in [5, 5.41) is 15.4. The molecule has 0 spiro atoms. The van der Waals surface area contributed by atoms with E-state index in [2.05, 4.69) is 24.5 Å². The lowest BCUT2D eigenvalue weighted by molar-refractivity contribution is 0.0697. The Morgan fingerprint density at radius 2 is 2.13 bits per heavy atom. The number of carbonyl (C=O) groups is 1. The van der Waals surface area contributed by atoms with Gasteiger partial charge in [-0.05, 0) is 32.0 Å². The Bertz CT molecular complexity index is 413. The molecule has 0 radical (unpaired) electrons. The number of anilines is 2. The van der Waals surface area contributed by atoms with Gasteiger partial charge in [0.1, 0.15) is 0 Å². The van der Waals surface area contributed by atoms with Gasteiger partial charge in [0.15, 0.2) is 0 Å². The lowest BCUT2D eigenvalue weighted by Gasteiger charge is -2.34. The molecule has 15 heavy (non-hydrogen) atoms. The molecule has 0 bridgehead atoms. The Morgan fingerprint density at radius 3 is 2.80 bits per heavy atom. The summed E-state index contributed by atoms with van der Waals surface area (Å²) in [5.74, 6) is -0.899. The number of hydrogen-bond donors (Lipinski definition) is 3. The van der Waals surface area contributed by atoms with Gasteiger partial charge in [-0.15, -0.1) is 0 Å². The Balaban J connectivity index is 2.36. The molecule has 80 valence electrons. The number of carboxylic acids is 1. The van der Waals surface area contributed by atoms with Gasteiger partial charge in [0.25, 0.3) is 0 Å². The van der Waals surface area contributed by atoms with Crippen LogP contribution < -0.4 is 10.6 Å². The van der Waals surface area contributed by atoms with Crippen molar-refractivity contribution in [1.29, 1.82) is 0 Å². The molecule has 0 amide bonds. The molecule has 1 aliphatic rings. The van der Waals surface area contributed by atoms with E-state index in [-0.39, 0.29) is 5.54 Å². The molecular weight excluding hydrogens is 192 g/mol. The van der Waals surface area contributed by atoms with Crippen LogP contribution in [0.5, 0.6) is 0 Å². The van der Waals surface area contributed by atoms with Gasteiger partial charge in [0, 0.05) is 12.1 Å². The third-order valence-corrected chi connectivity index (χ3v) is 2.46. The van der Waals surface area contributed by atoms with Crippen molar-refractivity contribution in [2.24, 2.45) is 0 Å². The van der Waals surface area contributed by atoms with E-state index in [9.17, 15) is 4.79 Å². The standard InChI is InChI=1S/C11H14N2O2/c1-11(2)6-12-9-5-7(10(14)15)3-4-8(9)13-11/h3-5,12-13H,6H2,1-2H3,(H,14,15). The van der Waals surface area contributed by atoms with E-state index in [1.165, 1.54) is 0 Å². The largest absolute Gasteiger partial charge is 0.478 e. The molecule has 0 aliphatic carbocycles. The van der Waals surface area contributed by atoms with E-state index < -0.39 is 5.97 Å². The van der Waals surface area contributed by atoms with Crippen molar-refractivity contribution >= 4 is 17.3 Å². The van der Waals surface area contributed by atoms with Crippen LogP contribution >= 0.6 is 0 Å². The number of benzene rings is 1. The van der Waals surface area contributed by atoms with Crippen LogP contribution in [0.15, 0.2) is 18.2 Å². The summed E-state index contributed by atoms with van der Waals surface area (Å²) in [6.07, 6.45) is 0. The van der Waals surface area contributed by atoms with Crippen LogP contribution in [0.25, 0.3) is 0 Å². The van der Waals surface area contributed by atoms with Crippen molar-refractivity contribution < 1.29 is 9.90 Å². The van der Waals surface area contributed by atoms with Crippen LogP contribution in [-0.4, -0.2) is 23.2 Å². The number of rotatable bonds is 1. The average Bonchev–Trinajstić information content (AvgIpc) is 2.15. The van der Waals surface area contributed by atoms with Crippen LogP contribution in [0.4, 0.5) is 11.4 Å². The molecule has 0 fully saturated rings. The predicted molar refractivity (Wildman–Crippen MR) is 59.6 cm³/mol. The first kappa shape index (κ1) is 9.83. The van der Waals surface area contributed by atoms with Crippen molar-refractivity contribution in [3.05, 3.63) is 23.8 Å². The first-order valence-corrected chi connectivity index (χ1v) is 4.87. The minimum absolute atomic E-state index is 0.00224. The van der Waals surface area contributed by atoms with Gasteiger partial charge in [-0.25, -0.2) is 4.79 Å². The summed E-state index contributed by atoms with van der Waals surface area (Å²) in [5.41, 5.74) is 2.12. The lowest BCUT2D eigenvalue weighted by atomic mass is 10.0. The van der Waals surface area contributed by atoms with E-state index in [0.717, 1.165) is 17.9 Å². The molecule has 1 aromatic rings. The molecule has 1 aromatic carbocycles. The summed E-state index contributed by atoms with van der Waals surface area (Å²) in [6.45, 7) is 4.96. The summed E-state index contributed by atoms with van der Waals surface area (Å²) >= 11 is 0. The van der Waals surface area contributed by atoms with Crippen LogP contribution in [0.1, 0.15) is 24.2 Å². The average molecular weight is 206 g/mol. The molecule has 0 atom stereocenters. The number of nitrogens with one attached hydrogen (secondary N) is 2. The quantitative estimate of drug-likeness (QED) is 0.657. The predicted octanol–water partition coefficient (Wildman–Crippen LogP) is 2.00. The molecule has 0 aromatic heterocycles. The maximum absolute atomic E-state index is 10.8. The normalized spacial score (nSPS) is 17.2. The van der Waals surface area contributed by atoms with Crippen LogP contribution in [0, 0.1) is 0 Å². The monoisotopic (exact) mass is 206 g/mol. The lowest BCUT2D eigenvalue weighted by Crippen LogP contribution is -2.42. The maximum Gasteiger partial charge on any atom is 0.335 e. The first-order valence-electron chi connectivity index (χ1n) is 4.87. The van der Waals surface area contributed by atoms with E-state index in [1.807, 2.05) is 0 Å². The van der Waals surface area contributed by atoms with Gasteiger partial charge in [0.05, 0.1) is 16.9 Å². The zero-order chi connectivity index (χ0) is 11.1. The topological polar surface area (TPSA) is 61.4 Å². The smallest absolute Gasteiger partial charge is 0.335 e. The van der Waals surface area contributed by atoms with Crippen LogP contribution in [-0.2, 0) is 0 Å². The Kier molecular flexibility index (Phi) is 2.07. The van der Waals surface area contributed by atoms with Gasteiger partial charge in [-0.2, -0.15) is 0 Å². The molecule has 1 aliphatic heterocycles. The van der Waals surface area contributed by atoms with Crippen molar-refractivity contribution in [3.63, 3.8) is 0 Å².